The van der Waals surface area contributed by atoms with E-state index in [2.05, 4.69) is 15.5 Å². The molecule has 1 rings (SSSR count). The molecular formula is C9H15N5O2. The van der Waals surface area contributed by atoms with E-state index in [0.717, 1.165) is 0 Å². The topological polar surface area (TPSA) is 104 Å². The van der Waals surface area contributed by atoms with Crippen LogP contribution in [0.5, 0.6) is 0 Å². The highest BCUT2D eigenvalue weighted by atomic mass is 16.2. The lowest BCUT2D eigenvalue weighted by Gasteiger charge is -2.14. The Morgan fingerprint density at radius 3 is 2.81 bits per heavy atom. The predicted octanol–water partition coefficient (Wildman–Crippen LogP) is -0.800. The summed E-state index contributed by atoms with van der Waals surface area (Å²) in [5.74, 6) is -0.596. The summed E-state index contributed by atoms with van der Waals surface area (Å²) in [4.78, 5) is 24.4. The number of nitrogens with two attached hydrogens (primary N) is 1. The van der Waals surface area contributed by atoms with Crippen molar-refractivity contribution < 1.29 is 9.59 Å². The van der Waals surface area contributed by atoms with Gasteiger partial charge in [-0.15, -0.1) is 0 Å². The SMILES string of the molecule is CCN(C)C(=O)CNC(=O)c1[nH]ncc1N. The highest BCUT2D eigenvalue weighted by Crippen LogP contribution is 2.04. The fraction of sp³-hybridized carbons (Fsp3) is 0.444. The summed E-state index contributed by atoms with van der Waals surface area (Å²) in [6, 6.07) is 0. The quantitative estimate of drug-likeness (QED) is 0.624. The largest absolute Gasteiger partial charge is 0.396 e. The molecule has 16 heavy (non-hydrogen) atoms. The number of hydrogen-bond donors (Lipinski definition) is 3. The molecule has 4 N–H and O–H groups in total. The van der Waals surface area contributed by atoms with Gasteiger partial charge in [-0.2, -0.15) is 5.10 Å². The maximum absolute atomic E-state index is 11.5. The van der Waals surface area contributed by atoms with Crippen LogP contribution in [0, 0.1) is 0 Å². The van der Waals surface area contributed by atoms with Gasteiger partial charge in [-0.25, -0.2) is 0 Å². The summed E-state index contributed by atoms with van der Waals surface area (Å²) in [6.07, 6.45) is 1.34. The number of nitrogens with one attached hydrogen (secondary N) is 2. The lowest BCUT2D eigenvalue weighted by Crippen LogP contribution is -2.38. The van der Waals surface area contributed by atoms with E-state index in [1.165, 1.54) is 11.1 Å². The van der Waals surface area contributed by atoms with Gasteiger partial charge in [-0.05, 0) is 6.92 Å². The van der Waals surface area contributed by atoms with Crippen LogP contribution in [-0.4, -0.2) is 47.0 Å². The summed E-state index contributed by atoms with van der Waals surface area (Å²) in [6.45, 7) is 2.40. The highest BCUT2D eigenvalue weighted by Gasteiger charge is 2.13. The van der Waals surface area contributed by atoms with Crippen LogP contribution in [0.3, 0.4) is 0 Å². The number of likely N-dealkylation sites (N-methyl/N-ethyl adjacent to an activating group) is 1. The zero-order chi connectivity index (χ0) is 12.1. The molecule has 7 nitrogen and oxygen atoms in total. The normalized spacial score (nSPS) is 9.88. The molecule has 0 aromatic carbocycles. The molecule has 0 fully saturated rings. The smallest absolute Gasteiger partial charge is 0.271 e. The fourth-order valence-corrected chi connectivity index (χ4v) is 1.03. The Morgan fingerprint density at radius 2 is 2.31 bits per heavy atom. The van der Waals surface area contributed by atoms with Gasteiger partial charge in [0.2, 0.25) is 5.91 Å². The standard InChI is InChI=1S/C9H15N5O2/c1-3-14(2)7(15)5-11-9(16)8-6(10)4-12-13-8/h4H,3,5,10H2,1-2H3,(H,11,16)(H,12,13). The maximum atomic E-state index is 11.5. The summed E-state index contributed by atoms with van der Waals surface area (Å²) in [5, 5.41) is 8.53. The van der Waals surface area contributed by atoms with E-state index >= 15 is 0 Å². The van der Waals surface area contributed by atoms with Crippen molar-refractivity contribution in [2.45, 2.75) is 6.92 Å². The molecule has 0 unspecified atom stereocenters. The Balaban J connectivity index is 2.48. The van der Waals surface area contributed by atoms with Crippen molar-refractivity contribution in [1.82, 2.24) is 20.4 Å². The van der Waals surface area contributed by atoms with Gasteiger partial charge < -0.3 is 16.0 Å². The van der Waals surface area contributed by atoms with Crippen LogP contribution in [0.2, 0.25) is 0 Å². The van der Waals surface area contributed by atoms with Crippen LogP contribution in [0.1, 0.15) is 17.4 Å². The number of nitrogen functional groups attached to an aromatic ring is 1. The number of aromatic amines is 1. The average Bonchev–Trinajstić information content (AvgIpc) is 2.70. The van der Waals surface area contributed by atoms with E-state index in [1.54, 1.807) is 7.05 Å². The molecule has 1 heterocycles. The van der Waals surface area contributed by atoms with Crippen LogP contribution in [-0.2, 0) is 4.79 Å². The Hall–Kier alpha value is -2.05. The van der Waals surface area contributed by atoms with Crippen molar-refractivity contribution >= 4 is 17.5 Å². The first-order valence-corrected chi connectivity index (χ1v) is 4.87. The molecule has 0 atom stereocenters. The van der Waals surface area contributed by atoms with E-state index in [1.807, 2.05) is 6.92 Å². The third kappa shape index (κ3) is 2.72. The number of rotatable bonds is 4. The van der Waals surface area contributed by atoms with Crippen molar-refractivity contribution in [3.63, 3.8) is 0 Å². The molecule has 2 amide bonds. The van der Waals surface area contributed by atoms with Gasteiger partial charge in [-0.3, -0.25) is 14.7 Å². The lowest BCUT2D eigenvalue weighted by molar-refractivity contribution is -0.128. The van der Waals surface area contributed by atoms with E-state index in [0.29, 0.717) is 6.54 Å². The molecular weight excluding hydrogens is 210 g/mol. The number of nitrogens with zero attached hydrogens (tertiary/aromatic N) is 2. The number of aromatic nitrogens is 2. The predicted molar refractivity (Wildman–Crippen MR) is 58.6 cm³/mol. The second kappa shape index (κ2) is 5.15. The summed E-state index contributed by atoms with van der Waals surface area (Å²) in [7, 11) is 1.67. The molecule has 0 saturated carbocycles. The van der Waals surface area contributed by atoms with E-state index < -0.39 is 5.91 Å². The van der Waals surface area contributed by atoms with Crippen LogP contribution in [0.25, 0.3) is 0 Å². The third-order valence-corrected chi connectivity index (χ3v) is 2.20. The first-order valence-electron chi connectivity index (χ1n) is 4.87. The first kappa shape index (κ1) is 12.0. The lowest BCUT2D eigenvalue weighted by atomic mass is 10.3. The second-order valence-electron chi connectivity index (χ2n) is 3.29. The molecule has 0 bridgehead atoms. The van der Waals surface area contributed by atoms with Gasteiger partial charge in [0.1, 0.15) is 5.69 Å². The monoisotopic (exact) mass is 225 g/mol. The molecule has 0 aliphatic rings. The van der Waals surface area contributed by atoms with Gasteiger partial charge in [0.25, 0.3) is 5.91 Å². The van der Waals surface area contributed by atoms with Gasteiger partial charge >= 0.3 is 0 Å². The van der Waals surface area contributed by atoms with Crippen molar-refractivity contribution in [2.75, 3.05) is 25.9 Å². The van der Waals surface area contributed by atoms with E-state index in [4.69, 9.17) is 5.73 Å². The summed E-state index contributed by atoms with van der Waals surface area (Å²) >= 11 is 0. The number of H-pyrrole nitrogens is 1. The van der Waals surface area contributed by atoms with Crippen molar-refractivity contribution in [3.8, 4) is 0 Å². The zero-order valence-corrected chi connectivity index (χ0v) is 9.28. The summed E-state index contributed by atoms with van der Waals surface area (Å²) in [5.41, 5.74) is 5.92. The van der Waals surface area contributed by atoms with Gasteiger partial charge in [0, 0.05) is 13.6 Å². The van der Waals surface area contributed by atoms with Crippen LogP contribution >= 0.6 is 0 Å². The van der Waals surface area contributed by atoms with Crippen molar-refractivity contribution in [2.24, 2.45) is 0 Å². The van der Waals surface area contributed by atoms with Crippen LogP contribution in [0.4, 0.5) is 5.69 Å². The van der Waals surface area contributed by atoms with Crippen LogP contribution in [0.15, 0.2) is 6.20 Å². The Bertz CT molecular complexity index is 387. The number of anilines is 1. The molecule has 1 aromatic heterocycles. The van der Waals surface area contributed by atoms with Crippen LogP contribution < -0.4 is 11.1 Å². The number of amides is 2. The molecule has 0 saturated heterocycles. The molecule has 7 heteroatoms. The van der Waals surface area contributed by atoms with Gasteiger partial charge in [0.05, 0.1) is 18.4 Å². The minimum absolute atomic E-state index is 0.0539. The maximum Gasteiger partial charge on any atom is 0.271 e. The Morgan fingerprint density at radius 1 is 1.62 bits per heavy atom. The zero-order valence-electron chi connectivity index (χ0n) is 9.28. The highest BCUT2D eigenvalue weighted by molar-refractivity contribution is 5.98. The minimum atomic E-state index is -0.437. The Labute approximate surface area is 93.0 Å². The number of carbonyl (C=O) groups is 2. The number of carbonyl (C=O) groups excluding carboxylic acids is 2. The molecule has 1 aromatic rings. The summed E-state index contributed by atoms with van der Waals surface area (Å²) < 4.78 is 0. The van der Waals surface area contributed by atoms with E-state index in [9.17, 15) is 9.59 Å². The molecule has 0 aliphatic heterocycles. The van der Waals surface area contributed by atoms with Gasteiger partial charge in [-0.1, -0.05) is 0 Å². The van der Waals surface area contributed by atoms with Crippen molar-refractivity contribution in [3.05, 3.63) is 11.9 Å². The second-order valence-corrected chi connectivity index (χ2v) is 3.29. The van der Waals surface area contributed by atoms with Crippen molar-refractivity contribution in [1.29, 1.82) is 0 Å². The average molecular weight is 225 g/mol. The molecule has 0 spiro atoms. The molecule has 0 radical (unpaired) electrons. The Kier molecular flexibility index (Phi) is 3.87. The third-order valence-electron chi connectivity index (χ3n) is 2.20. The van der Waals surface area contributed by atoms with Gasteiger partial charge in [0.15, 0.2) is 0 Å². The minimum Gasteiger partial charge on any atom is -0.396 e. The molecule has 0 aliphatic carbocycles. The molecule has 88 valence electrons. The fourth-order valence-electron chi connectivity index (χ4n) is 1.03. The number of hydrogen-bond acceptors (Lipinski definition) is 4. The van der Waals surface area contributed by atoms with E-state index in [-0.39, 0.29) is 23.8 Å². The first-order chi connectivity index (χ1) is 7.56.